The summed E-state index contributed by atoms with van der Waals surface area (Å²) in [4.78, 5) is 78.9. The number of fused-ring (bicyclic) bond motifs is 20. The summed E-state index contributed by atoms with van der Waals surface area (Å²) in [5, 5.41) is 48.4. The Morgan fingerprint density at radius 1 is 0.365 bits per heavy atom. The largest absolute Gasteiger partial charge is 0.324 e. The van der Waals surface area contributed by atoms with E-state index < -0.39 is 19.7 Å². The van der Waals surface area contributed by atoms with Crippen LogP contribution in [0.2, 0.25) is 0 Å². The van der Waals surface area contributed by atoms with Crippen molar-refractivity contribution in [3.63, 3.8) is 0 Å². The monoisotopic (exact) mass is 694 g/mol. The van der Waals surface area contributed by atoms with Crippen molar-refractivity contribution in [1.82, 2.24) is 39.9 Å². The van der Waals surface area contributed by atoms with Gasteiger partial charge in [0, 0.05) is 92.3 Å². The van der Waals surface area contributed by atoms with E-state index in [-0.39, 0.29) is 85.1 Å². The van der Waals surface area contributed by atoms with Crippen LogP contribution in [0.5, 0.6) is 0 Å². The molecular weight excluding hydrogens is 680 g/mol. The number of hydrogen-bond acceptors (Lipinski definition) is 14. The number of non-ortho nitro benzene ring substituents is 4. The van der Waals surface area contributed by atoms with E-state index in [0.717, 1.165) is 0 Å². The molecule has 20 heteroatoms. The standard InChI is InChI=1S/C32H14N12O8/c45-41(46)13-1-5-17-21(9-13)29-34-25(17)33-26-18-6-2-15(43(49)50)11-23(18)31(35-26)40-32-24-12-16(44(51)52)4-8-20(24)28(39-32)38-30-22-10-14(42(47)48)3-7-19(22)27(36-29)37-30/h1-12H,(H2,33,34,35,36,37,38,39,40). The number of rotatable bonds is 4. The zero-order valence-corrected chi connectivity index (χ0v) is 25.7. The molecule has 2 N–H and O–H groups in total. The van der Waals surface area contributed by atoms with Gasteiger partial charge in [0.05, 0.1) is 19.7 Å². The van der Waals surface area contributed by atoms with E-state index in [4.69, 9.17) is 15.0 Å². The highest BCUT2D eigenvalue weighted by atomic mass is 16.6. The number of nitrogens with zero attached hydrogens (tertiary/aromatic N) is 10. The van der Waals surface area contributed by atoms with Crippen LogP contribution in [0, 0.1) is 40.5 Å². The van der Waals surface area contributed by atoms with Crippen molar-refractivity contribution in [3.8, 4) is 45.6 Å². The Balaban J connectivity index is 1.48. The van der Waals surface area contributed by atoms with Crippen molar-refractivity contribution in [2.75, 3.05) is 0 Å². The van der Waals surface area contributed by atoms with Gasteiger partial charge in [-0.05, 0) is 24.3 Å². The average molecular weight is 695 g/mol. The fraction of sp³-hybridized carbons (Fsp3) is 0. The van der Waals surface area contributed by atoms with Crippen LogP contribution in [0.1, 0.15) is 0 Å². The highest BCUT2D eigenvalue weighted by Crippen LogP contribution is 2.39. The van der Waals surface area contributed by atoms with E-state index in [9.17, 15) is 40.5 Å². The summed E-state index contributed by atoms with van der Waals surface area (Å²) in [6, 6.07) is 16.1. The first-order valence-electron chi connectivity index (χ1n) is 15.0. The van der Waals surface area contributed by atoms with Gasteiger partial charge < -0.3 is 9.97 Å². The number of nitro groups is 4. The lowest BCUT2D eigenvalue weighted by Gasteiger charge is -1.98. The van der Waals surface area contributed by atoms with Gasteiger partial charge in [0.2, 0.25) is 0 Å². The molecule has 3 aromatic heterocycles. The first-order valence-corrected chi connectivity index (χ1v) is 15.0. The number of aromatic amines is 2. The quantitative estimate of drug-likeness (QED) is 0.147. The maximum absolute atomic E-state index is 11.8. The number of nitro benzene ring substituents is 4. The number of H-pyrrole nitrogens is 2. The molecule has 0 atom stereocenters. The summed E-state index contributed by atoms with van der Waals surface area (Å²) < 4.78 is 0. The van der Waals surface area contributed by atoms with Crippen LogP contribution in [0.3, 0.4) is 0 Å². The van der Waals surface area contributed by atoms with Gasteiger partial charge in [-0.2, -0.15) is 0 Å². The minimum atomic E-state index is -0.582. The Hall–Kier alpha value is -8.16. The summed E-state index contributed by atoms with van der Waals surface area (Å²) in [7, 11) is 0. The van der Waals surface area contributed by atoms with Crippen LogP contribution in [0.25, 0.3) is 89.7 Å². The molecule has 0 saturated carbocycles. The van der Waals surface area contributed by atoms with E-state index in [1.165, 1.54) is 72.8 Å². The first kappa shape index (κ1) is 29.9. The van der Waals surface area contributed by atoms with E-state index in [0.29, 0.717) is 27.3 Å². The van der Waals surface area contributed by atoms with E-state index in [1.54, 1.807) is 0 Å². The molecule has 0 saturated heterocycles. The van der Waals surface area contributed by atoms with E-state index >= 15 is 0 Å². The zero-order chi connectivity index (χ0) is 36.0. The van der Waals surface area contributed by atoms with E-state index in [2.05, 4.69) is 24.9 Å². The van der Waals surface area contributed by atoms with Gasteiger partial charge >= 0.3 is 0 Å². The molecule has 5 heterocycles. The Kier molecular flexibility index (Phi) is 6.14. The summed E-state index contributed by atoms with van der Waals surface area (Å²) in [5.74, 6) is 0.137. The molecule has 20 nitrogen and oxygen atoms in total. The van der Waals surface area contributed by atoms with Crippen molar-refractivity contribution in [2.24, 2.45) is 0 Å². The molecule has 52 heavy (non-hydrogen) atoms. The Morgan fingerprint density at radius 2 is 0.673 bits per heavy atom. The summed E-state index contributed by atoms with van der Waals surface area (Å²) in [6.45, 7) is 0. The lowest BCUT2D eigenvalue weighted by Crippen LogP contribution is -1.90. The predicted octanol–water partition coefficient (Wildman–Crippen LogP) is 6.50. The van der Waals surface area contributed by atoms with Crippen LogP contribution in [-0.2, 0) is 0 Å². The van der Waals surface area contributed by atoms with Crippen LogP contribution in [-0.4, -0.2) is 59.6 Å². The van der Waals surface area contributed by atoms with Gasteiger partial charge in [-0.25, -0.2) is 29.9 Å². The van der Waals surface area contributed by atoms with Gasteiger partial charge in [-0.15, -0.1) is 0 Å². The lowest BCUT2D eigenvalue weighted by atomic mass is 10.1. The Labute approximate surface area is 285 Å². The first-order chi connectivity index (χ1) is 25.0. The normalized spacial score (nSPS) is 11.7. The maximum atomic E-state index is 11.8. The van der Waals surface area contributed by atoms with Crippen molar-refractivity contribution in [2.45, 2.75) is 0 Å². The van der Waals surface area contributed by atoms with Crippen LogP contribution < -0.4 is 0 Å². The molecule has 7 aromatic rings. The smallest absolute Gasteiger partial charge is 0.270 e. The highest BCUT2D eigenvalue weighted by Gasteiger charge is 2.26. The van der Waals surface area contributed by atoms with Gasteiger partial charge in [0.25, 0.3) is 22.7 Å². The van der Waals surface area contributed by atoms with Gasteiger partial charge in [0.1, 0.15) is 22.6 Å². The van der Waals surface area contributed by atoms with Gasteiger partial charge in [-0.3, -0.25) is 40.5 Å². The summed E-state index contributed by atoms with van der Waals surface area (Å²) >= 11 is 0. The molecular formula is C32H14N12O8. The minimum absolute atomic E-state index is 0.000790. The molecule has 0 fully saturated rings. The third kappa shape index (κ3) is 4.55. The number of nitrogens with one attached hydrogen (secondary N) is 2. The third-order valence-corrected chi connectivity index (χ3v) is 8.61. The second-order valence-electron chi connectivity index (χ2n) is 11.6. The molecule has 2 aliphatic heterocycles. The highest BCUT2D eigenvalue weighted by molar-refractivity contribution is 6.07. The zero-order valence-electron chi connectivity index (χ0n) is 25.7. The van der Waals surface area contributed by atoms with Crippen LogP contribution in [0.4, 0.5) is 22.7 Å². The Bertz CT molecular complexity index is 3010. The number of aromatic nitrogens is 8. The molecule has 4 aromatic carbocycles. The molecule has 0 unspecified atom stereocenters. The molecule has 0 spiro atoms. The fourth-order valence-corrected chi connectivity index (χ4v) is 6.20. The molecule has 250 valence electrons. The Morgan fingerprint density at radius 3 is 1.04 bits per heavy atom. The van der Waals surface area contributed by atoms with Crippen molar-refractivity contribution < 1.29 is 19.7 Å². The summed E-state index contributed by atoms with van der Waals surface area (Å²) in [5.41, 5.74) is 0.715. The molecule has 0 radical (unpaired) electrons. The SMILES string of the molecule is O=[N+]([O-])c1ccc2c(c1)-c1nc-2nc2[nH]c(nc3nc(nc4[nH]c(n1)c1ccc([N+](=O)[O-])cc41)-c1cc([N+](=O)[O-])ccc1-3)c1ccc([N+](=O)[O-])cc21. The van der Waals surface area contributed by atoms with E-state index in [1.807, 2.05) is 0 Å². The van der Waals surface area contributed by atoms with Crippen LogP contribution >= 0.6 is 0 Å². The molecule has 0 aliphatic carbocycles. The molecule has 9 rings (SSSR count). The van der Waals surface area contributed by atoms with Gasteiger partial charge in [-0.1, -0.05) is 0 Å². The topological polar surface area (TPSA) is 281 Å². The summed E-state index contributed by atoms with van der Waals surface area (Å²) in [6.07, 6.45) is 0. The average Bonchev–Trinajstić information content (AvgIpc) is 3.85. The second-order valence-corrected chi connectivity index (χ2v) is 11.6. The van der Waals surface area contributed by atoms with Gasteiger partial charge in [0.15, 0.2) is 23.3 Å². The molecule has 0 amide bonds. The van der Waals surface area contributed by atoms with Crippen molar-refractivity contribution in [1.29, 1.82) is 0 Å². The molecule has 8 bridgehead atoms. The predicted molar refractivity (Wildman–Crippen MR) is 183 cm³/mol. The second kappa shape index (κ2) is 10.7. The lowest BCUT2D eigenvalue weighted by molar-refractivity contribution is -0.385. The minimum Gasteiger partial charge on any atom is -0.324 e. The third-order valence-electron chi connectivity index (χ3n) is 8.61. The maximum Gasteiger partial charge on any atom is 0.270 e. The fourth-order valence-electron chi connectivity index (χ4n) is 6.20. The van der Waals surface area contributed by atoms with Crippen molar-refractivity contribution in [3.05, 3.63) is 113 Å². The van der Waals surface area contributed by atoms with Crippen LogP contribution in [0.15, 0.2) is 72.8 Å². The number of hydrogen-bond donors (Lipinski definition) is 2. The molecule has 2 aliphatic rings. The van der Waals surface area contributed by atoms with Crippen molar-refractivity contribution >= 4 is 66.9 Å². The number of benzene rings is 4.